The van der Waals surface area contributed by atoms with E-state index < -0.39 is 35.8 Å². The monoisotopic (exact) mass is 504 g/mol. The van der Waals surface area contributed by atoms with E-state index in [1.807, 2.05) is 12.5 Å². The molecule has 0 radical (unpaired) electrons. The van der Waals surface area contributed by atoms with E-state index >= 15 is 0 Å². The first-order valence-electron chi connectivity index (χ1n) is 10.3. The van der Waals surface area contributed by atoms with Crippen molar-refractivity contribution in [2.45, 2.75) is 12.1 Å². The Kier molecular flexibility index (Phi) is 11.0. The van der Waals surface area contributed by atoms with Gasteiger partial charge in [0, 0.05) is 22.6 Å². The molecule has 182 valence electrons. The Balaban J connectivity index is 2.42. The largest absolute Gasteiger partial charge is 0.467 e. The predicted molar refractivity (Wildman–Crippen MR) is 135 cm³/mol. The molecule has 2 amide bonds. The third-order valence-corrected chi connectivity index (χ3v) is 6.22. The molecule has 0 aliphatic heterocycles. The van der Waals surface area contributed by atoms with E-state index in [-0.39, 0.29) is 0 Å². The van der Waals surface area contributed by atoms with Crippen LogP contribution in [0.5, 0.6) is 0 Å². The van der Waals surface area contributed by atoms with Gasteiger partial charge in [-0.3, -0.25) is 9.59 Å². The number of methoxy groups -OCH3 is 2. The molecule has 0 fully saturated rings. The average molecular weight is 505 g/mol. The lowest BCUT2D eigenvalue weighted by Crippen LogP contribution is -2.43. The Bertz CT molecular complexity index is 949. The molecule has 2 rings (SSSR count). The van der Waals surface area contributed by atoms with E-state index in [1.54, 1.807) is 48.5 Å². The Hall–Kier alpha value is -2.98. The van der Waals surface area contributed by atoms with Crippen molar-refractivity contribution in [3.8, 4) is 11.1 Å². The Morgan fingerprint density at radius 2 is 1.06 bits per heavy atom. The molecule has 2 N–H and O–H groups in total. The fourth-order valence-electron chi connectivity index (χ4n) is 3.26. The molecule has 2 aromatic carbocycles. The van der Waals surface area contributed by atoms with E-state index in [2.05, 4.69) is 10.6 Å². The van der Waals surface area contributed by atoms with Gasteiger partial charge >= 0.3 is 11.9 Å². The average Bonchev–Trinajstić information content (AvgIpc) is 2.87. The van der Waals surface area contributed by atoms with Crippen molar-refractivity contribution in [1.29, 1.82) is 0 Å². The summed E-state index contributed by atoms with van der Waals surface area (Å²) in [5.74, 6) is -1.31. The van der Waals surface area contributed by atoms with E-state index in [9.17, 15) is 19.2 Å². The zero-order valence-electron chi connectivity index (χ0n) is 19.5. The Morgan fingerprint density at radius 3 is 1.38 bits per heavy atom. The minimum Gasteiger partial charge on any atom is -0.467 e. The number of hydrogen-bond acceptors (Lipinski definition) is 8. The fraction of sp³-hybridized carbons (Fsp3) is 0.333. The van der Waals surface area contributed by atoms with Crippen LogP contribution >= 0.6 is 23.5 Å². The van der Waals surface area contributed by atoms with Gasteiger partial charge in [-0.25, -0.2) is 9.59 Å². The molecule has 0 saturated carbocycles. The van der Waals surface area contributed by atoms with Gasteiger partial charge < -0.3 is 20.1 Å². The zero-order valence-corrected chi connectivity index (χ0v) is 21.1. The third-order valence-electron chi connectivity index (χ3n) is 4.88. The second kappa shape index (κ2) is 13.7. The summed E-state index contributed by atoms with van der Waals surface area (Å²) in [6, 6.07) is 12.0. The molecule has 34 heavy (non-hydrogen) atoms. The molecule has 0 aliphatic rings. The van der Waals surface area contributed by atoms with Gasteiger partial charge in [0.2, 0.25) is 0 Å². The summed E-state index contributed by atoms with van der Waals surface area (Å²) >= 11 is 2.81. The number of ether oxygens (including phenoxy) is 2. The van der Waals surface area contributed by atoms with Gasteiger partial charge in [-0.2, -0.15) is 23.5 Å². The number of carbonyl (C=O) groups excluding carboxylic acids is 4. The molecular formula is C24H28N2O6S2. The van der Waals surface area contributed by atoms with Gasteiger partial charge in [0.1, 0.15) is 12.1 Å². The summed E-state index contributed by atoms with van der Waals surface area (Å²) in [6.07, 6.45) is 3.65. The minimum atomic E-state index is -0.813. The summed E-state index contributed by atoms with van der Waals surface area (Å²) in [7, 11) is 2.53. The second-order valence-electron chi connectivity index (χ2n) is 7.10. The molecule has 0 heterocycles. The van der Waals surface area contributed by atoms with Crippen molar-refractivity contribution in [2.24, 2.45) is 0 Å². The van der Waals surface area contributed by atoms with Crippen molar-refractivity contribution in [3.05, 3.63) is 59.7 Å². The number of rotatable bonds is 11. The van der Waals surface area contributed by atoms with Crippen LogP contribution in [0.3, 0.4) is 0 Å². The van der Waals surface area contributed by atoms with Gasteiger partial charge in [-0.15, -0.1) is 0 Å². The van der Waals surface area contributed by atoms with Gasteiger partial charge in [0.15, 0.2) is 0 Å². The van der Waals surface area contributed by atoms with Gasteiger partial charge in [0.05, 0.1) is 14.2 Å². The van der Waals surface area contributed by atoms with E-state index in [0.717, 1.165) is 0 Å². The van der Waals surface area contributed by atoms with Crippen LogP contribution < -0.4 is 10.6 Å². The maximum Gasteiger partial charge on any atom is 0.329 e. The van der Waals surface area contributed by atoms with Crippen molar-refractivity contribution in [3.63, 3.8) is 0 Å². The van der Waals surface area contributed by atoms with Crippen LogP contribution in [-0.2, 0) is 19.1 Å². The summed E-state index contributed by atoms with van der Waals surface area (Å²) in [6.45, 7) is 0. The third kappa shape index (κ3) is 7.01. The number of carbonyl (C=O) groups is 4. The quantitative estimate of drug-likeness (QED) is 0.450. The molecule has 2 aromatic rings. The highest BCUT2D eigenvalue weighted by Crippen LogP contribution is 2.27. The molecule has 0 spiro atoms. The maximum absolute atomic E-state index is 13.1. The van der Waals surface area contributed by atoms with Gasteiger partial charge in [0.25, 0.3) is 11.8 Å². The number of thioether (sulfide) groups is 2. The number of esters is 2. The highest BCUT2D eigenvalue weighted by molar-refractivity contribution is 7.98. The number of amides is 2. The normalized spacial score (nSPS) is 12.2. The standard InChI is InChI=1S/C24H28N2O6S2/c1-31-23(29)19(13-33-3)25-21(27)17-11-7-5-9-15(17)16-10-6-8-12-18(16)22(28)26-20(14-34-4)24(30)32-2/h5-12,19-20H,13-14H2,1-4H3,(H,25,27)(H,26,28). The Labute approximate surface area is 207 Å². The van der Waals surface area contributed by atoms with Crippen LogP contribution in [0.25, 0.3) is 11.1 Å². The molecule has 2 atom stereocenters. The zero-order chi connectivity index (χ0) is 25.1. The summed E-state index contributed by atoms with van der Waals surface area (Å²) in [4.78, 5) is 50.4. The van der Waals surface area contributed by atoms with E-state index in [4.69, 9.17) is 9.47 Å². The van der Waals surface area contributed by atoms with Crippen molar-refractivity contribution < 1.29 is 28.7 Å². The van der Waals surface area contributed by atoms with E-state index in [0.29, 0.717) is 33.8 Å². The minimum absolute atomic E-state index is 0.298. The Morgan fingerprint density at radius 1 is 0.706 bits per heavy atom. The van der Waals surface area contributed by atoms with Crippen LogP contribution in [0, 0.1) is 0 Å². The first-order chi connectivity index (χ1) is 16.4. The molecule has 0 aromatic heterocycles. The molecule has 0 bridgehead atoms. The van der Waals surface area contributed by atoms with Crippen molar-refractivity contribution >= 4 is 47.3 Å². The van der Waals surface area contributed by atoms with Crippen LogP contribution in [0.1, 0.15) is 20.7 Å². The predicted octanol–water partition coefficient (Wildman–Crippen LogP) is 2.62. The van der Waals surface area contributed by atoms with Crippen LogP contribution in [0.15, 0.2) is 48.5 Å². The fourth-order valence-corrected chi connectivity index (χ4v) is 4.36. The number of benzene rings is 2. The lowest BCUT2D eigenvalue weighted by molar-refractivity contribution is -0.143. The van der Waals surface area contributed by atoms with E-state index in [1.165, 1.54) is 37.7 Å². The van der Waals surface area contributed by atoms with Crippen LogP contribution in [0.4, 0.5) is 0 Å². The lowest BCUT2D eigenvalue weighted by Gasteiger charge is -2.19. The smallest absolute Gasteiger partial charge is 0.329 e. The van der Waals surface area contributed by atoms with Crippen LogP contribution in [0.2, 0.25) is 0 Å². The topological polar surface area (TPSA) is 111 Å². The van der Waals surface area contributed by atoms with Crippen LogP contribution in [-0.4, -0.2) is 74.1 Å². The molecule has 0 aliphatic carbocycles. The molecule has 0 saturated heterocycles. The molecule has 10 heteroatoms. The SMILES string of the molecule is COC(=O)C(CSC)NC(=O)c1ccccc1-c1ccccc1C(=O)NC(CSC)C(=O)OC. The maximum atomic E-state index is 13.1. The summed E-state index contributed by atoms with van der Waals surface area (Å²) in [5, 5.41) is 5.43. The molecule has 2 unspecified atom stereocenters. The van der Waals surface area contributed by atoms with Crippen molar-refractivity contribution in [2.75, 3.05) is 38.2 Å². The first-order valence-corrected chi connectivity index (χ1v) is 13.1. The number of hydrogen-bond donors (Lipinski definition) is 2. The van der Waals surface area contributed by atoms with Gasteiger partial charge in [-0.05, 0) is 35.8 Å². The second-order valence-corrected chi connectivity index (χ2v) is 8.92. The lowest BCUT2D eigenvalue weighted by atomic mass is 9.94. The summed E-state index contributed by atoms with van der Waals surface area (Å²) < 4.78 is 9.59. The first kappa shape index (κ1) is 27.3. The molecule has 8 nitrogen and oxygen atoms in total. The number of nitrogens with one attached hydrogen (secondary N) is 2. The molecular weight excluding hydrogens is 476 g/mol. The van der Waals surface area contributed by atoms with Gasteiger partial charge in [-0.1, -0.05) is 36.4 Å². The summed E-state index contributed by atoms with van der Waals surface area (Å²) in [5.41, 5.74) is 1.62. The van der Waals surface area contributed by atoms with Crippen molar-refractivity contribution in [1.82, 2.24) is 10.6 Å². The highest BCUT2D eigenvalue weighted by Gasteiger charge is 2.26. The highest BCUT2D eigenvalue weighted by atomic mass is 32.2.